The topological polar surface area (TPSA) is 75.7 Å². The highest BCUT2D eigenvalue weighted by atomic mass is 35.5. The molecule has 1 fully saturated rings. The van der Waals surface area contributed by atoms with Crippen LogP contribution >= 0.6 is 11.6 Å². The average molecular weight is 685 g/mol. The van der Waals surface area contributed by atoms with Crippen LogP contribution in [0.15, 0.2) is 109 Å². The van der Waals surface area contributed by atoms with Crippen LogP contribution in [-0.2, 0) is 9.59 Å². The van der Waals surface area contributed by atoms with Gasteiger partial charge in [0, 0.05) is 41.7 Å². The van der Waals surface area contributed by atoms with E-state index in [1.54, 1.807) is 62.4 Å². The molecule has 0 unspecified atom stereocenters. The number of carbonyl (C=O) groups excluding carboxylic acids is 3. The number of amides is 2. The van der Waals surface area contributed by atoms with Gasteiger partial charge in [-0.1, -0.05) is 79.3 Å². The second-order valence-corrected chi connectivity index (χ2v) is 13.1. The predicted octanol–water partition coefficient (Wildman–Crippen LogP) is 9.76. The summed E-state index contributed by atoms with van der Waals surface area (Å²) < 4.78 is 6.01. The molecule has 7 heteroatoms. The number of nitrogens with one attached hydrogen (secondary N) is 1. The summed E-state index contributed by atoms with van der Waals surface area (Å²) in [5.74, 6) is 0.252. The van der Waals surface area contributed by atoms with Gasteiger partial charge in [-0.2, -0.15) is 0 Å². The fourth-order valence-electron chi connectivity index (χ4n) is 5.47. The lowest BCUT2D eigenvalue weighted by molar-refractivity contribution is -0.136. The first kappa shape index (κ1) is 39.3. The molecule has 262 valence electrons. The van der Waals surface area contributed by atoms with E-state index in [2.05, 4.69) is 73.0 Å². The molecule has 0 radical (unpaired) electrons. The minimum absolute atomic E-state index is 0.0147. The Hall–Kier alpha value is -4.16. The fraction of sp³-hybridized carbons (Fsp3) is 0.405. The monoisotopic (exact) mass is 684 g/mol. The molecule has 1 atom stereocenters. The third-order valence-corrected chi connectivity index (χ3v) is 8.51. The smallest absolute Gasteiger partial charge is 0.263 e. The highest BCUT2D eigenvalue weighted by Crippen LogP contribution is 2.23. The minimum atomic E-state index is -1.14. The van der Waals surface area contributed by atoms with Gasteiger partial charge in [0.05, 0.1) is 0 Å². The second-order valence-electron chi connectivity index (χ2n) is 12.7. The number of ketones is 1. The zero-order valence-electron chi connectivity index (χ0n) is 29.4. The number of allylic oxidation sites excluding steroid dienone is 10. The van der Waals surface area contributed by atoms with E-state index in [1.165, 1.54) is 0 Å². The normalized spacial score (nSPS) is 15.4. The van der Waals surface area contributed by atoms with Crippen LogP contribution in [0.5, 0.6) is 5.75 Å². The SMILES string of the molecule is CC/C=C\C/C=C\C/C=C\C/C=C\C/C=C\CCCC(=O)N1CCC[C@@H]1CNC(=O)C(C)(C)Oc1ccc(C(=O)c2ccc(Cl)cc2)cc1. The Morgan fingerprint density at radius 3 is 1.92 bits per heavy atom. The number of likely N-dealkylation sites (tertiary alicyclic amines) is 1. The summed E-state index contributed by atoms with van der Waals surface area (Å²) in [6, 6.07) is 13.5. The first-order valence-corrected chi connectivity index (χ1v) is 18.0. The molecule has 0 aliphatic carbocycles. The van der Waals surface area contributed by atoms with Crippen LogP contribution in [0, 0.1) is 0 Å². The van der Waals surface area contributed by atoms with E-state index in [1.807, 2.05) is 4.90 Å². The zero-order chi connectivity index (χ0) is 35.3. The molecule has 1 heterocycles. The number of unbranched alkanes of at least 4 members (excludes halogenated alkanes) is 1. The van der Waals surface area contributed by atoms with Gasteiger partial charge in [0.25, 0.3) is 5.91 Å². The molecule has 1 aliphatic heterocycles. The third kappa shape index (κ3) is 14.5. The summed E-state index contributed by atoms with van der Waals surface area (Å²) in [6.45, 7) is 6.68. The molecular formula is C42H53ClN2O4. The number of carbonyl (C=O) groups is 3. The lowest BCUT2D eigenvalue weighted by atomic mass is 10.0. The lowest BCUT2D eigenvalue weighted by Crippen LogP contribution is -2.50. The predicted molar refractivity (Wildman–Crippen MR) is 202 cm³/mol. The maximum atomic E-state index is 13.1. The summed E-state index contributed by atoms with van der Waals surface area (Å²) in [4.78, 5) is 40.8. The number of nitrogens with zero attached hydrogens (tertiary/aromatic N) is 1. The van der Waals surface area contributed by atoms with Crippen molar-refractivity contribution in [3.63, 3.8) is 0 Å². The number of halogens is 1. The van der Waals surface area contributed by atoms with Crippen molar-refractivity contribution in [2.24, 2.45) is 0 Å². The van der Waals surface area contributed by atoms with Gasteiger partial charge < -0.3 is 15.0 Å². The molecule has 49 heavy (non-hydrogen) atoms. The lowest BCUT2D eigenvalue weighted by Gasteiger charge is -2.29. The summed E-state index contributed by atoms with van der Waals surface area (Å²) in [5.41, 5.74) is -0.0839. The standard InChI is InChI=1S/C42H53ClN2O4/c1-4-5-6-7-8-9-10-11-12-13-14-15-16-17-18-19-20-23-39(46)45-32-21-22-37(45)33-44-41(48)42(2,3)49-38-30-26-35(27-31-38)40(47)34-24-28-36(43)29-25-34/h5-6,8-9,11-12,14-15,17-18,24-31,37H,4,7,10,13,16,19-23,32-33H2,1-3H3,(H,44,48)/b6-5-,9-8-,12-11-,15-14-,18-17-/t37-/m1/s1. The van der Waals surface area contributed by atoms with E-state index in [-0.39, 0.29) is 23.6 Å². The van der Waals surface area contributed by atoms with E-state index >= 15 is 0 Å². The number of rotatable bonds is 20. The van der Waals surface area contributed by atoms with Crippen LogP contribution in [0.2, 0.25) is 5.02 Å². The van der Waals surface area contributed by atoms with Crippen molar-refractivity contribution in [2.45, 2.75) is 96.6 Å². The fourth-order valence-corrected chi connectivity index (χ4v) is 5.59. The second kappa shape index (κ2) is 21.7. The maximum Gasteiger partial charge on any atom is 0.263 e. The number of hydrogen-bond acceptors (Lipinski definition) is 4. The van der Waals surface area contributed by atoms with Gasteiger partial charge in [-0.15, -0.1) is 0 Å². The van der Waals surface area contributed by atoms with Crippen molar-refractivity contribution in [1.82, 2.24) is 10.2 Å². The highest BCUT2D eigenvalue weighted by molar-refractivity contribution is 6.30. The van der Waals surface area contributed by atoms with E-state index in [0.717, 1.165) is 64.3 Å². The summed E-state index contributed by atoms with van der Waals surface area (Å²) in [5, 5.41) is 3.57. The van der Waals surface area contributed by atoms with E-state index < -0.39 is 5.60 Å². The summed E-state index contributed by atoms with van der Waals surface area (Å²) in [7, 11) is 0. The Labute approximate surface area is 298 Å². The zero-order valence-corrected chi connectivity index (χ0v) is 30.2. The molecule has 2 aromatic carbocycles. The van der Waals surface area contributed by atoms with Crippen LogP contribution in [0.4, 0.5) is 0 Å². The van der Waals surface area contributed by atoms with Crippen LogP contribution < -0.4 is 10.1 Å². The first-order chi connectivity index (χ1) is 23.7. The Balaban J connectivity index is 1.32. The van der Waals surface area contributed by atoms with Crippen molar-refractivity contribution in [2.75, 3.05) is 13.1 Å². The molecule has 0 spiro atoms. The van der Waals surface area contributed by atoms with Gasteiger partial charge in [-0.3, -0.25) is 14.4 Å². The number of benzene rings is 2. The van der Waals surface area contributed by atoms with E-state index in [9.17, 15) is 14.4 Å². The third-order valence-electron chi connectivity index (χ3n) is 8.26. The van der Waals surface area contributed by atoms with Gasteiger partial charge in [0.2, 0.25) is 5.91 Å². The minimum Gasteiger partial charge on any atom is -0.478 e. The molecule has 1 N–H and O–H groups in total. The van der Waals surface area contributed by atoms with Crippen molar-refractivity contribution in [3.05, 3.63) is 125 Å². The molecule has 0 saturated carbocycles. The number of hydrogen-bond donors (Lipinski definition) is 1. The van der Waals surface area contributed by atoms with Gasteiger partial charge >= 0.3 is 0 Å². The van der Waals surface area contributed by atoms with Crippen LogP contribution in [-0.4, -0.2) is 47.2 Å². The molecule has 2 aromatic rings. The van der Waals surface area contributed by atoms with Crippen molar-refractivity contribution in [3.8, 4) is 5.75 Å². The van der Waals surface area contributed by atoms with Gasteiger partial charge in [0.15, 0.2) is 11.4 Å². The van der Waals surface area contributed by atoms with Gasteiger partial charge in [-0.05, 0) is 120 Å². The maximum absolute atomic E-state index is 13.1. The average Bonchev–Trinajstić information content (AvgIpc) is 3.57. The largest absolute Gasteiger partial charge is 0.478 e. The quantitative estimate of drug-likeness (QED) is 0.0856. The van der Waals surface area contributed by atoms with Crippen LogP contribution in [0.25, 0.3) is 0 Å². The molecular weight excluding hydrogens is 632 g/mol. The molecule has 0 bridgehead atoms. The van der Waals surface area contributed by atoms with Gasteiger partial charge in [-0.25, -0.2) is 0 Å². The molecule has 6 nitrogen and oxygen atoms in total. The number of ether oxygens (including phenoxy) is 1. The van der Waals surface area contributed by atoms with E-state index in [4.69, 9.17) is 16.3 Å². The highest BCUT2D eigenvalue weighted by Gasteiger charge is 2.33. The van der Waals surface area contributed by atoms with Crippen LogP contribution in [0.3, 0.4) is 0 Å². The Morgan fingerprint density at radius 2 is 1.35 bits per heavy atom. The summed E-state index contributed by atoms with van der Waals surface area (Å²) in [6.07, 6.45) is 30.7. The molecule has 1 saturated heterocycles. The summed E-state index contributed by atoms with van der Waals surface area (Å²) >= 11 is 5.93. The van der Waals surface area contributed by atoms with Gasteiger partial charge in [0.1, 0.15) is 5.75 Å². The Bertz CT molecular complexity index is 1470. The van der Waals surface area contributed by atoms with Crippen molar-refractivity contribution in [1.29, 1.82) is 0 Å². The molecule has 0 aromatic heterocycles. The Kier molecular flexibility index (Phi) is 17.4. The molecule has 3 rings (SSSR count). The first-order valence-electron chi connectivity index (χ1n) is 17.6. The van der Waals surface area contributed by atoms with E-state index in [0.29, 0.717) is 34.9 Å². The van der Waals surface area contributed by atoms with Crippen LogP contribution in [0.1, 0.15) is 101 Å². The van der Waals surface area contributed by atoms with Crippen molar-refractivity contribution < 1.29 is 19.1 Å². The van der Waals surface area contributed by atoms with Crippen molar-refractivity contribution >= 4 is 29.2 Å². The molecule has 2 amide bonds. The Morgan fingerprint density at radius 1 is 0.816 bits per heavy atom. The molecule has 1 aliphatic rings.